The summed E-state index contributed by atoms with van der Waals surface area (Å²) in [7, 11) is 0. The van der Waals surface area contributed by atoms with Crippen molar-refractivity contribution in [1.82, 2.24) is 0 Å². The first kappa shape index (κ1) is 22.3. The van der Waals surface area contributed by atoms with Crippen LogP contribution < -0.4 is 4.74 Å². The van der Waals surface area contributed by atoms with E-state index in [-0.39, 0.29) is 12.0 Å². The standard InChI is InChI=1S/C27H36O4/c1-5-26-17-25(4,29)27(30,20-9-7-6-8-10-20)16-21(26)12-11-19-15-22(13-14-23(19)26)31-18-24(2,3)28/h6-10,13-15,21,28-30H,5,11-12,16-18H2,1-4H3. The van der Waals surface area contributed by atoms with E-state index in [2.05, 4.69) is 19.1 Å². The summed E-state index contributed by atoms with van der Waals surface area (Å²) in [5, 5.41) is 33.4. The lowest BCUT2D eigenvalue weighted by molar-refractivity contribution is -0.205. The fourth-order valence-corrected chi connectivity index (χ4v) is 6.06. The van der Waals surface area contributed by atoms with Gasteiger partial charge < -0.3 is 20.1 Å². The van der Waals surface area contributed by atoms with Gasteiger partial charge >= 0.3 is 0 Å². The molecule has 1 saturated carbocycles. The highest BCUT2D eigenvalue weighted by atomic mass is 16.5. The highest BCUT2D eigenvalue weighted by Crippen LogP contribution is 2.60. The van der Waals surface area contributed by atoms with Gasteiger partial charge in [-0.2, -0.15) is 0 Å². The lowest BCUT2D eigenvalue weighted by Gasteiger charge is -2.59. The summed E-state index contributed by atoms with van der Waals surface area (Å²) in [5.74, 6) is 1.06. The van der Waals surface area contributed by atoms with Crippen LogP contribution in [-0.4, -0.2) is 33.1 Å². The van der Waals surface area contributed by atoms with Crippen molar-refractivity contribution in [2.75, 3.05) is 6.61 Å². The molecule has 0 radical (unpaired) electrons. The van der Waals surface area contributed by atoms with Crippen LogP contribution in [0.3, 0.4) is 0 Å². The molecule has 2 aromatic carbocycles. The maximum absolute atomic E-state index is 11.8. The molecule has 0 saturated heterocycles. The van der Waals surface area contributed by atoms with Crippen molar-refractivity contribution in [1.29, 1.82) is 0 Å². The third-order valence-electron chi connectivity index (χ3n) is 7.72. The Labute approximate surface area is 185 Å². The van der Waals surface area contributed by atoms with Gasteiger partial charge in [-0.1, -0.05) is 43.3 Å². The van der Waals surface area contributed by atoms with E-state index in [9.17, 15) is 15.3 Å². The van der Waals surface area contributed by atoms with Crippen LogP contribution in [0.1, 0.15) is 70.1 Å². The summed E-state index contributed by atoms with van der Waals surface area (Å²) < 4.78 is 5.83. The zero-order valence-corrected chi connectivity index (χ0v) is 19.2. The molecule has 4 rings (SSSR count). The summed E-state index contributed by atoms with van der Waals surface area (Å²) in [6.07, 6.45) is 3.88. The fraction of sp³-hybridized carbons (Fsp3) is 0.556. The van der Waals surface area contributed by atoms with Gasteiger partial charge in [-0.05, 0) is 87.6 Å². The van der Waals surface area contributed by atoms with Crippen molar-refractivity contribution in [3.8, 4) is 5.75 Å². The van der Waals surface area contributed by atoms with Crippen LogP contribution in [0.4, 0.5) is 0 Å². The van der Waals surface area contributed by atoms with Crippen LogP contribution in [0, 0.1) is 5.92 Å². The van der Waals surface area contributed by atoms with E-state index in [4.69, 9.17) is 4.74 Å². The molecule has 0 aliphatic heterocycles. The van der Waals surface area contributed by atoms with E-state index >= 15 is 0 Å². The molecule has 2 aromatic rings. The Kier molecular flexibility index (Phi) is 5.48. The van der Waals surface area contributed by atoms with Crippen LogP contribution in [0.25, 0.3) is 0 Å². The van der Waals surface area contributed by atoms with Crippen LogP contribution >= 0.6 is 0 Å². The third kappa shape index (κ3) is 3.79. The van der Waals surface area contributed by atoms with Gasteiger partial charge in [-0.25, -0.2) is 0 Å². The van der Waals surface area contributed by atoms with Gasteiger partial charge in [0.1, 0.15) is 18.0 Å². The van der Waals surface area contributed by atoms with Crippen molar-refractivity contribution in [3.05, 3.63) is 65.2 Å². The number of aliphatic hydroxyl groups is 3. The highest BCUT2D eigenvalue weighted by Gasteiger charge is 2.60. The molecule has 0 heterocycles. The molecular formula is C27H36O4. The van der Waals surface area contributed by atoms with Gasteiger partial charge in [0, 0.05) is 5.41 Å². The van der Waals surface area contributed by atoms with E-state index in [0.29, 0.717) is 18.8 Å². The molecule has 4 atom stereocenters. The Bertz CT molecular complexity index is 930. The molecule has 1 fully saturated rings. The number of hydrogen-bond acceptors (Lipinski definition) is 4. The number of benzene rings is 2. The van der Waals surface area contributed by atoms with E-state index in [0.717, 1.165) is 30.6 Å². The van der Waals surface area contributed by atoms with Crippen molar-refractivity contribution in [2.24, 2.45) is 5.92 Å². The number of hydrogen-bond donors (Lipinski definition) is 3. The number of ether oxygens (including phenoxy) is 1. The first-order chi connectivity index (χ1) is 14.5. The van der Waals surface area contributed by atoms with Crippen LogP contribution in [0.2, 0.25) is 0 Å². The molecule has 3 N–H and O–H groups in total. The zero-order chi connectivity index (χ0) is 22.5. The lowest BCUT2D eigenvalue weighted by Crippen LogP contribution is -2.62. The Morgan fingerprint density at radius 3 is 2.45 bits per heavy atom. The minimum atomic E-state index is -1.26. The molecule has 0 aromatic heterocycles. The van der Waals surface area contributed by atoms with Gasteiger partial charge in [-0.15, -0.1) is 0 Å². The molecule has 2 aliphatic carbocycles. The molecule has 168 valence electrons. The molecular weight excluding hydrogens is 388 g/mol. The molecule has 4 unspecified atom stereocenters. The number of rotatable bonds is 5. The van der Waals surface area contributed by atoms with Gasteiger partial charge in [0.2, 0.25) is 0 Å². The van der Waals surface area contributed by atoms with E-state index in [1.54, 1.807) is 20.8 Å². The van der Waals surface area contributed by atoms with Crippen molar-refractivity contribution in [3.63, 3.8) is 0 Å². The summed E-state index contributed by atoms with van der Waals surface area (Å²) >= 11 is 0. The SMILES string of the molecule is CCC12CC(C)(O)C(O)(c3ccccc3)CC1CCc1cc(OCC(C)(C)O)ccc12. The average molecular weight is 425 g/mol. The molecule has 0 amide bonds. The minimum absolute atomic E-state index is 0.174. The topological polar surface area (TPSA) is 69.9 Å². The molecule has 0 bridgehead atoms. The van der Waals surface area contributed by atoms with Crippen molar-refractivity contribution < 1.29 is 20.1 Å². The Balaban J connectivity index is 1.70. The number of fused-ring (bicyclic) bond motifs is 3. The van der Waals surface area contributed by atoms with Gasteiger partial charge in [0.15, 0.2) is 0 Å². The Morgan fingerprint density at radius 2 is 1.81 bits per heavy atom. The first-order valence-corrected chi connectivity index (χ1v) is 11.5. The molecule has 0 spiro atoms. The molecule has 4 heteroatoms. The van der Waals surface area contributed by atoms with Crippen molar-refractivity contribution >= 4 is 0 Å². The van der Waals surface area contributed by atoms with E-state index in [1.165, 1.54) is 11.1 Å². The summed E-state index contributed by atoms with van der Waals surface area (Å²) in [6, 6.07) is 15.9. The molecule has 31 heavy (non-hydrogen) atoms. The highest BCUT2D eigenvalue weighted by molar-refractivity contribution is 5.45. The van der Waals surface area contributed by atoms with Crippen LogP contribution in [0.15, 0.2) is 48.5 Å². The Hall–Kier alpha value is -1.88. The molecule has 4 nitrogen and oxygen atoms in total. The maximum Gasteiger partial charge on any atom is 0.119 e. The maximum atomic E-state index is 11.8. The molecule has 2 aliphatic rings. The summed E-state index contributed by atoms with van der Waals surface area (Å²) in [4.78, 5) is 0. The van der Waals surface area contributed by atoms with Gasteiger partial charge in [0.25, 0.3) is 0 Å². The normalized spacial score (nSPS) is 32.8. The Morgan fingerprint density at radius 1 is 1.10 bits per heavy atom. The second-order valence-corrected chi connectivity index (χ2v) is 10.5. The van der Waals surface area contributed by atoms with E-state index < -0.39 is 16.8 Å². The second-order valence-electron chi connectivity index (χ2n) is 10.5. The number of aryl methyl sites for hydroxylation is 1. The van der Waals surface area contributed by atoms with Crippen LogP contribution in [0.5, 0.6) is 5.75 Å². The third-order valence-corrected chi connectivity index (χ3v) is 7.72. The predicted octanol–water partition coefficient (Wildman–Crippen LogP) is 4.48. The van der Waals surface area contributed by atoms with Crippen molar-refractivity contribution in [2.45, 2.75) is 82.0 Å². The zero-order valence-electron chi connectivity index (χ0n) is 19.2. The van der Waals surface area contributed by atoms with Crippen LogP contribution in [-0.2, 0) is 17.4 Å². The fourth-order valence-electron chi connectivity index (χ4n) is 6.06. The van der Waals surface area contributed by atoms with E-state index in [1.807, 2.05) is 36.4 Å². The predicted molar refractivity (Wildman–Crippen MR) is 122 cm³/mol. The second kappa shape index (κ2) is 7.61. The monoisotopic (exact) mass is 424 g/mol. The first-order valence-electron chi connectivity index (χ1n) is 11.5. The smallest absolute Gasteiger partial charge is 0.119 e. The largest absolute Gasteiger partial charge is 0.491 e. The average Bonchev–Trinajstić information content (AvgIpc) is 2.73. The minimum Gasteiger partial charge on any atom is -0.491 e. The van der Waals surface area contributed by atoms with Gasteiger partial charge in [-0.3, -0.25) is 0 Å². The summed E-state index contributed by atoms with van der Waals surface area (Å²) in [5.41, 5.74) is -0.228. The van der Waals surface area contributed by atoms with Gasteiger partial charge in [0.05, 0.1) is 11.2 Å². The quantitative estimate of drug-likeness (QED) is 0.662. The summed E-state index contributed by atoms with van der Waals surface area (Å²) in [6.45, 7) is 7.71. The lowest BCUT2D eigenvalue weighted by atomic mass is 9.49.